The summed E-state index contributed by atoms with van der Waals surface area (Å²) >= 11 is 1.76. The minimum atomic E-state index is 0.108. The first-order valence-electron chi connectivity index (χ1n) is 5.55. The topological polar surface area (TPSA) is 42.2 Å². The largest absolute Gasteiger partial charge is 0.348 e. The van der Waals surface area contributed by atoms with E-state index in [0.717, 1.165) is 29.8 Å². The van der Waals surface area contributed by atoms with Gasteiger partial charge in [0.2, 0.25) is 0 Å². The quantitative estimate of drug-likeness (QED) is 0.840. The first-order chi connectivity index (χ1) is 7.08. The molecule has 0 amide bonds. The summed E-state index contributed by atoms with van der Waals surface area (Å²) in [6.07, 6.45) is 1.28. The number of hydrogen-bond acceptors (Lipinski definition) is 4. The third kappa shape index (κ3) is 2.16. The Bertz CT molecular complexity index is 346. The molecule has 1 aromatic heterocycles. The molecule has 2 atom stereocenters. The van der Waals surface area contributed by atoms with Crippen LogP contribution in [0, 0.1) is 12.8 Å². The molecule has 1 aliphatic rings. The fourth-order valence-electron chi connectivity index (χ4n) is 2.06. The Hall–Kier alpha value is -0.610. The van der Waals surface area contributed by atoms with Crippen molar-refractivity contribution in [2.75, 3.05) is 18.0 Å². The minimum Gasteiger partial charge on any atom is -0.348 e. The first-order valence-corrected chi connectivity index (χ1v) is 6.37. The number of nitrogens with zero attached hydrogens (tertiary/aromatic N) is 2. The van der Waals surface area contributed by atoms with Crippen molar-refractivity contribution < 1.29 is 0 Å². The summed E-state index contributed by atoms with van der Waals surface area (Å²) in [5.41, 5.74) is 7.01. The van der Waals surface area contributed by atoms with Crippen molar-refractivity contribution in [2.45, 2.75) is 33.2 Å². The van der Waals surface area contributed by atoms with Gasteiger partial charge < -0.3 is 10.6 Å². The van der Waals surface area contributed by atoms with Crippen LogP contribution in [0.2, 0.25) is 0 Å². The highest BCUT2D eigenvalue weighted by atomic mass is 32.1. The maximum atomic E-state index is 5.91. The Labute approximate surface area is 95.3 Å². The second-order valence-corrected chi connectivity index (χ2v) is 5.58. The minimum absolute atomic E-state index is 0.108. The average molecular weight is 225 g/mol. The smallest absolute Gasteiger partial charge is 0.185 e. The van der Waals surface area contributed by atoms with Gasteiger partial charge in [-0.2, -0.15) is 0 Å². The summed E-state index contributed by atoms with van der Waals surface area (Å²) in [5, 5.41) is 1.16. The second kappa shape index (κ2) is 4.10. The van der Waals surface area contributed by atoms with Crippen molar-refractivity contribution in [1.29, 1.82) is 0 Å². The molecule has 2 unspecified atom stereocenters. The molecule has 4 heteroatoms. The molecule has 3 nitrogen and oxygen atoms in total. The molecule has 2 heterocycles. The predicted octanol–water partition coefficient (Wildman–Crippen LogP) is 2.32. The van der Waals surface area contributed by atoms with E-state index in [1.54, 1.807) is 11.3 Å². The highest BCUT2D eigenvalue weighted by Gasteiger charge is 2.22. The molecule has 2 N–H and O–H groups in total. The summed E-state index contributed by atoms with van der Waals surface area (Å²) in [7, 11) is 0. The summed E-state index contributed by atoms with van der Waals surface area (Å²) in [6, 6.07) is 0.108. The lowest BCUT2D eigenvalue weighted by molar-refractivity contribution is 0.659. The van der Waals surface area contributed by atoms with Crippen molar-refractivity contribution in [3.8, 4) is 0 Å². The summed E-state index contributed by atoms with van der Waals surface area (Å²) in [4.78, 5) is 8.22. The van der Waals surface area contributed by atoms with E-state index < -0.39 is 0 Å². The lowest BCUT2D eigenvalue weighted by Gasteiger charge is -2.13. The van der Waals surface area contributed by atoms with E-state index in [1.807, 2.05) is 6.92 Å². The first kappa shape index (κ1) is 10.9. The fraction of sp³-hybridized carbons (Fsp3) is 0.727. The second-order valence-electron chi connectivity index (χ2n) is 4.57. The van der Waals surface area contributed by atoms with E-state index in [2.05, 4.69) is 23.7 Å². The molecular formula is C11H19N3S. The lowest BCUT2D eigenvalue weighted by Crippen LogP contribution is -2.18. The van der Waals surface area contributed by atoms with Crippen LogP contribution < -0.4 is 10.6 Å². The normalized spacial score (nSPS) is 23.5. The van der Waals surface area contributed by atoms with Crippen LogP contribution in [-0.2, 0) is 0 Å². The van der Waals surface area contributed by atoms with E-state index in [1.165, 1.54) is 11.3 Å². The summed E-state index contributed by atoms with van der Waals surface area (Å²) in [5.74, 6) is 0.799. The Kier molecular flexibility index (Phi) is 2.98. The van der Waals surface area contributed by atoms with Gasteiger partial charge in [-0.15, -0.1) is 11.3 Å². The van der Waals surface area contributed by atoms with Gasteiger partial charge in [0.1, 0.15) is 0 Å². The lowest BCUT2D eigenvalue weighted by atomic mass is 10.2. The zero-order valence-corrected chi connectivity index (χ0v) is 10.5. The SMILES string of the molecule is Cc1nc(N2CCC(C)C2)sc1C(C)N. The molecule has 1 fully saturated rings. The van der Waals surface area contributed by atoms with Gasteiger partial charge in [0.25, 0.3) is 0 Å². The molecule has 2 rings (SSSR count). The third-order valence-corrected chi connectivity index (χ3v) is 4.35. The number of aromatic nitrogens is 1. The molecule has 0 saturated carbocycles. The Balaban J connectivity index is 2.19. The van der Waals surface area contributed by atoms with E-state index in [4.69, 9.17) is 5.73 Å². The summed E-state index contributed by atoms with van der Waals surface area (Å²) in [6.45, 7) is 8.67. The molecule has 0 aliphatic carbocycles. The number of anilines is 1. The van der Waals surface area contributed by atoms with Crippen LogP contribution in [0.1, 0.15) is 36.9 Å². The number of rotatable bonds is 2. The van der Waals surface area contributed by atoms with Gasteiger partial charge in [-0.3, -0.25) is 0 Å². The average Bonchev–Trinajstić information content (AvgIpc) is 2.71. The number of thiazole rings is 1. The van der Waals surface area contributed by atoms with Crippen LogP contribution in [0.4, 0.5) is 5.13 Å². The monoisotopic (exact) mass is 225 g/mol. The van der Waals surface area contributed by atoms with Crippen molar-refractivity contribution in [3.05, 3.63) is 10.6 Å². The maximum absolute atomic E-state index is 5.91. The third-order valence-electron chi connectivity index (χ3n) is 2.93. The zero-order valence-electron chi connectivity index (χ0n) is 9.66. The molecule has 1 aliphatic heterocycles. The zero-order chi connectivity index (χ0) is 11.0. The number of hydrogen-bond donors (Lipinski definition) is 1. The van der Waals surface area contributed by atoms with Gasteiger partial charge in [-0.05, 0) is 26.2 Å². The Morgan fingerprint density at radius 2 is 2.33 bits per heavy atom. The molecule has 1 aromatic rings. The number of nitrogens with two attached hydrogens (primary N) is 1. The molecule has 0 aromatic carbocycles. The molecule has 0 radical (unpaired) electrons. The number of aryl methyl sites for hydroxylation is 1. The van der Waals surface area contributed by atoms with Gasteiger partial charge >= 0.3 is 0 Å². The van der Waals surface area contributed by atoms with Gasteiger partial charge in [0, 0.05) is 24.0 Å². The predicted molar refractivity (Wildman–Crippen MR) is 65.4 cm³/mol. The van der Waals surface area contributed by atoms with Crippen molar-refractivity contribution in [2.24, 2.45) is 11.7 Å². The maximum Gasteiger partial charge on any atom is 0.185 e. The van der Waals surface area contributed by atoms with E-state index in [0.29, 0.717) is 0 Å². The van der Waals surface area contributed by atoms with Crippen molar-refractivity contribution in [1.82, 2.24) is 4.98 Å². The van der Waals surface area contributed by atoms with Crippen molar-refractivity contribution >= 4 is 16.5 Å². The highest BCUT2D eigenvalue weighted by molar-refractivity contribution is 7.15. The fourth-order valence-corrected chi connectivity index (χ4v) is 3.11. The standard InChI is InChI=1S/C11H19N3S/c1-7-4-5-14(6-7)11-13-9(3)10(15-11)8(2)12/h7-8H,4-6,12H2,1-3H3. The van der Waals surface area contributed by atoms with Gasteiger partial charge in [0.15, 0.2) is 5.13 Å². The van der Waals surface area contributed by atoms with Gasteiger partial charge in [0.05, 0.1) is 5.69 Å². The van der Waals surface area contributed by atoms with Crippen molar-refractivity contribution in [3.63, 3.8) is 0 Å². The Morgan fingerprint density at radius 1 is 1.60 bits per heavy atom. The Morgan fingerprint density at radius 3 is 2.80 bits per heavy atom. The highest BCUT2D eigenvalue weighted by Crippen LogP contribution is 2.32. The van der Waals surface area contributed by atoms with Crippen LogP contribution in [0.3, 0.4) is 0 Å². The van der Waals surface area contributed by atoms with Crippen LogP contribution in [-0.4, -0.2) is 18.1 Å². The van der Waals surface area contributed by atoms with Gasteiger partial charge in [-0.1, -0.05) is 6.92 Å². The molecule has 0 bridgehead atoms. The van der Waals surface area contributed by atoms with Crippen LogP contribution in [0.15, 0.2) is 0 Å². The molecular weight excluding hydrogens is 206 g/mol. The molecule has 1 saturated heterocycles. The van der Waals surface area contributed by atoms with Crippen LogP contribution in [0.5, 0.6) is 0 Å². The summed E-state index contributed by atoms with van der Waals surface area (Å²) < 4.78 is 0. The van der Waals surface area contributed by atoms with Gasteiger partial charge in [-0.25, -0.2) is 4.98 Å². The molecule has 0 spiro atoms. The van der Waals surface area contributed by atoms with Crippen LogP contribution >= 0.6 is 11.3 Å². The van der Waals surface area contributed by atoms with E-state index >= 15 is 0 Å². The molecule has 15 heavy (non-hydrogen) atoms. The van der Waals surface area contributed by atoms with E-state index in [-0.39, 0.29) is 6.04 Å². The van der Waals surface area contributed by atoms with Crippen LogP contribution in [0.25, 0.3) is 0 Å². The molecule has 84 valence electrons. The van der Waals surface area contributed by atoms with E-state index in [9.17, 15) is 0 Å².